The van der Waals surface area contributed by atoms with Gasteiger partial charge in [0.15, 0.2) is 28.8 Å². The number of benzene rings is 2. The smallest absolute Gasteiger partial charge is 0.356 e. The van der Waals surface area contributed by atoms with Crippen molar-refractivity contribution < 1.29 is 38.9 Å². The van der Waals surface area contributed by atoms with Crippen molar-refractivity contribution in [1.82, 2.24) is 54.2 Å². The molecule has 1 aliphatic carbocycles. The molecule has 1 spiro atoms. The minimum absolute atomic E-state index is 0.000656. The highest BCUT2D eigenvalue weighted by atomic mass is 16.5. The number of fused-ring (bicyclic) bond motifs is 1. The van der Waals surface area contributed by atoms with Gasteiger partial charge < -0.3 is 29.5 Å². The molecule has 3 saturated heterocycles. The number of piperidine rings is 1. The average Bonchev–Trinajstić information content (AvgIpc) is 4.17. The van der Waals surface area contributed by atoms with Gasteiger partial charge in [-0.2, -0.15) is 19.6 Å². The van der Waals surface area contributed by atoms with E-state index in [0.717, 1.165) is 78.0 Å². The van der Waals surface area contributed by atoms with Gasteiger partial charge in [-0.25, -0.2) is 39.1 Å². The molecule has 10 rings (SSSR count). The zero-order valence-corrected chi connectivity index (χ0v) is 35.2. The SMILES string of the molecule is O=C(O)c1ccn(C(=O)N2CCC3(CCN(Cc4cccc(Oc5cnc(-c6nccc(-c7cccc(OC8C[C@@H]9CN(C(=O)n%10ccc(C(=O)O)n%10)C[C@@H]9C8)c7)n6)nc5)c4)C3)CC2)n1. The Morgan fingerprint density at radius 2 is 1.34 bits per heavy atom. The number of aromatic carboxylic acids is 2. The van der Waals surface area contributed by atoms with Gasteiger partial charge in [0, 0.05) is 63.4 Å². The van der Waals surface area contributed by atoms with E-state index in [1.807, 2.05) is 48.5 Å². The highest BCUT2D eigenvalue weighted by molar-refractivity contribution is 5.87. The summed E-state index contributed by atoms with van der Waals surface area (Å²) in [6.07, 6.45) is 12.1. The van der Waals surface area contributed by atoms with Gasteiger partial charge in [0.05, 0.1) is 24.2 Å². The van der Waals surface area contributed by atoms with E-state index in [9.17, 15) is 19.2 Å². The second-order valence-electron chi connectivity index (χ2n) is 17.3. The number of carboxylic acids is 2. The third-order valence-corrected chi connectivity index (χ3v) is 13.1. The molecule has 3 atom stereocenters. The van der Waals surface area contributed by atoms with Crippen molar-refractivity contribution in [3.8, 4) is 40.2 Å². The fraction of sp³-hybridized carbons (Fsp3) is 0.348. The van der Waals surface area contributed by atoms with Crippen LogP contribution in [0.4, 0.5) is 9.59 Å². The zero-order valence-electron chi connectivity index (χ0n) is 35.2. The number of carbonyl (C=O) groups is 4. The Morgan fingerprint density at radius 3 is 2.02 bits per heavy atom. The molecule has 4 aliphatic rings. The van der Waals surface area contributed by atoms with Crippen LogP contribution in [0.3, 0.4) is 0 Å². The number of rotatable bonds is 10. The Kier molecular flexibility index (Phi) is 11.0. The third-order valence-electron chi connectivity index (χ3n) is 13.1. The number of carboxylic acid groups (broad SMARTS) is 2. The van der Waals surface area contributed by atoms with Crippen LogP contribution in [0.1, 0.15) is 58.6 Å². The van der Waals surface area contributed by atoms with Crippen LogP contribution in [0.2, 0.25) is 0 Å². The predicted molar refractivity (Wildman–Crippen MR) is 230 cm³/mol. The Hall–Kier alpha value is -7.54. The molecule has 1 saturated carbocycles. The molecule has 2 amide bonds. The summed E-state index contributed by atoms with van der Waals surface area (Å²) in [5.74, 6) is 0.838. The van der Waals surface area contributed by atoms with Crippen molar-refractivity contribution in [2.24, 2.45) is 17.3 Å². The van der Waals surface area contributed by atoms with Gasteiger partial charge in [0.1, 0.15) is 11.5 Å². The van der Waals surface area contributed by atoms with Crippen molar-refractivity contribution in [3.63, 3.8) is 0 Å². The lowest BCUT2D eigenvalue weighted by molar-refractivity contribution is 0.0679. The molecule has 19 heteroatoms. The maximum atomic E-state index is 13.0. The van der Waals surface area contributed by atoms with Gasteiger partial charge in [-0.05, 0) is 104 Å². The van der Waals surface area contributed by atoms with E-state index in [0.29, 0.717) is 55.0 Å². The van der Waals surface area contributed by atoms with Crippen LogP contribution in [-0.2, 0) is 6.54 Å². The second-order valence-corrected chi connectivity index (χ2v) is 17.3. The molecule has 2 aromatic carbocycles. The maximum absolute atomic E-state index is 13.0. The van der Waals surface area contributed by atoms with Crippen LogP contribution >= 0.6 is 0 Å². The Morgan fingerprint density at radius 1 is 0.692 bits per heavy atom. The lowest BCUT2D eigenvalue weighted by atomic mass is 9.78. The number of hydrogen-bond donors (Lipinski definition) is 2. The van der Waals surface area contributed by atoms with Crippen molar-refractivity contribution in [2.75, 3.05) is 39.3 Å². The first-order valence-corrected chi connectivity index (χ1v) is 21.6. The molecule has 65 heavy (non-hydrogen) atoms. The number of hydrogen-bond acceptors (Lipinski definition) is 13. The average molecular weight is 880 g/mol. The van der Waals surface area contributed by atoms with E-state index in [1.165, 1.54) is 24.5 Å². The van der Waals surface area contributed by atoms with Gasteiger partial charge in [-0.1, -0.05) is 24.3 Å². The van der Waals surface area contributed by atoms with Crippen molar-refractivity contribution in [2.45, 2.75) is 44.8 Å². The largest absolute Gasteiger partial charge is 0.490 e. The van der Waals surface area contributed by atoms with E-state index >= 15 is 0 Å². The molecule has 6 aromatic rings. The van der Waals surface area contributed by atoms with Crippen LogP contribution in [0.15, 0.2) is 97.7 Å². The van der Waals surface area contributed by atoms with Crippen LogP contribution in [0.5, 0.6) is 17.2 Å². The molecule has 7 heterocycles. The van der Waals surface area contributed by atoms with Gasteiger partial charge in [0.2, 0.25) is 0 Å². The maximum Gasteiger partial charge on any atom is 0.356 e. The monoisotopic (exact) mass is 879 g/mol. The topological polar surface area (TPSA) is 224 Å². The first-order chi connectivity index (χ1) is 31.5. The van der Waals surface area contributed by atoms with Crippen molar-refractivity contribution >= 4 is 24.0 Å². The molecule has 3 aliphatic heterocycles. The molecule has 0 bridgehead atoms. The number of ether oxygens (including phenoxy) is 2. The quantitative estimate of drug-likeness (QED) is 0.164. The molecule has 2 N–H and O–H groups in total. The van der Waals surface area contributed by atoms with E-state index in [4.69, 9.17) is 24.7 Å². The zero-order chi connectivity index (χ0) is 44.7. The molecule has 0 radical (unpaired) electrons. The summed E-state index contributed by atoms with van der Waals surface area (Å²) < 4.78 is 14.8. The summed E-state index contributed by atoms with van der Waals surface area (Å²) >= 11 is 0. The summed E-state index contributed by atoms with van der Waals surface area (Å²) in [4.78, 5) is 72.5. The van der Waals surface area contributed by atoms with Gasteiger partial charge >= 0.3 is 24.0 Å². The minimum atomic E-state index is -1.17. The van der Waals surface area contributed by atoms with Crippen molar-refractivity contribution in [1.29, 1.82) is 0 Å². The lowest BCUT2D eigenvalue weighted by Gasteiger charge is -2.39. The van der Waals surface area contributed by atoms with Gasteiger partial charge in [-0.3, -0.25) is 4.90 Å². The molecule has 4 aromatic heterocycles. The molecule has 1 unspecified atom stereocenters. The van der Waals surface area contributed by atoms with E-state index in [2.05, 4.69) is 36.1 Å². The second kappa shape index (κ2) is 17.2. The Labute approximate surface area is 372 Å². The highest BCUT2D eigenvalue weighted by Crippen LogP contribution is 2.42. The third kappa shape index (κ3) is 8.86. The summed E-state index contributed by atoms with van der Waals surface area (Å²) in [5, 5.41) is 26.1. The van der Waals surface area contributed by atoms with Gasteiger partial charge in [-0.15, -0.1) is 0 Å². The molecule has 332 valence electrons. The molecular formula is C46H45N11O8. The standard InChI is InChI=1S/C46H45N11O8/c58-42(59)38-8-14-56(51-38)44(62)54-17-11-46(12-18-54)10-16-53(28-46)25-29-3-1-5-33(19-29)65-36-23-48-40(49-24-36)41-47-13-7-37(50-41)30-4-2-6-34(20-30)64-35-21-31-26-55(27-32(31)22-35)45(63)57-15-9-39(52-57)43(60)61/h1-9,13-15,19-20,23-24,31-32,35H,10-12,16-18,21-22,25-28H2,(H,58,59)(H,60,61)/t31-,32+,35?. The number of carbonyl (C=O) groups excluding carboxylic acids is 2. The van der Waals surface area contributed by atoms with Crippen LogP contribution < -0.4 is 9.47 Å². The summed E-state index contributed by atoms with van der Waals surface area (Å²) in [5.41, 5.74) is 2.49. The molecular weight excluding hydrogens is 835 g/mol. The van der Waals surface area contributed by atoms with Crippen LogP contribution in [-0.4, -0.2) is 134 Å². The molecule has 19 nitrogen and oxygen atoms in total. The number of nitrogens with zero attached hydrogens (tertiary/aromatic N) is 11. The van der Waals surface area contributed by atoms with Crippen LogP contribution in [0, 0.1) is 17.3 Å². The van der Waals surface area contributed by atoms with Crippen molar-refractivity contribution in [3.05, 3.63) is 115 Å². The Balaban J connectivity index is 0.707. The van der Waals surface area contributed by atoms with E-state index in [1.54, 1.807) is 28.4 Å². The van der Waals surface area contributed by atoms with E-state index < -0.39 is 11.9 Å². The summed E-state index contributed by atoms with van der Waals surface area (Å²) in [6, 6.07) is 19.6. The number of amides is 2. The van der Waals surface area contributed by atoms with Gasteiger partial charge in [0.25, 0.3) is 0 Å². The predicted octanol–water partition coefficient (Wildman–Crippen LogP) is 5.90. The fourth-order valence-corrected chi connectivity index (χ4v) is 9.75. The Bertz CT molecular complexity index is 2750. The fourth-order valence-electron chi connectivity index (χ4n) is 9.75. The first kappa shape index (κ1) is 41.5. The number of likely N-dealkylation sites (tertiary alicyclic amines) is 3. The normalized spacial score (nSPS) is 20.2. The van der Waals surface area contributed by atoms with E-state index in [-0.39, 0.29) is 46.8 Å². The number of aromatic nitrogens is 8. The highest BCUT2D eigenvalue weighted by Gasteiger charge is 2.44. The minimum Gasteiger partial charge on any atom is -0.490 e. The van der Waals surface area contributed by atoms with Crippen LogP contribution in [0.25, 0.3) is 22.9 Å². The molecule has 4 fully saturated rings. The first-order valence-electron chi connectivity index (χ1n) is 21.6. The summed E-state index contributed by atoms with van der Waals surface area (Å²) in [6.45, 7) is 5.01. The summed E-state index contributed by atoms with van der Waals surface area (Å²) in [7, 11) is 0. The lowest BCUT2D eigenvalue weighted by Crippen LogP contribution is -2.45.